The van der Waals surface area contributed by atoms with Crippen molar-refractivity contribution in [3.63, 3.8) is 0 Å². The van der Waals surface area contributed by atoms with E-state index in [0.29, 0.717) is 5.69 Å². The van der Waals surface area contributed by atoms with Crippen LogP contribution in [-0.2, 0) is 0 Å². The summed E-state index contributed by atoms with van der Waals surface area (Å²) in [6.45, 7) is 2.28. The highest BCUT2D eigenvalue weighted by Gasteiger charge is 2.29. The molecule has 1 aliphatic carbocycles. The van der Waals surface area contributed by atoms with Gasteiger partial charge in [0.2, 0.25) is 0 Å². The molecule has 0 bridgehead atoms. The second-order valence-corrected chi connectivity index (χ2v) is 7.04. The highest BCUT2D eigenvalue weighted by molar-refractivity contribution is 5.82. The van der Waals surface area contributed by atoms with Gasteiger partial charge in [-0.05, 0) is 49.9 Å². The van der Waals surface area contributed by atoms with Crippen molar-refractivity contribution in [3.8, 4) is 11.4 Å². The monoisotopic (exact) mass is 356 g/mol. The maximum atomic E-state index is 10.7. The van der Waals surface area contributed by atoms with Gasteiger partial charge in [-0.25, -0.2) is 9.48 Å². The van der Waals surface area contributed by atoms with E-state index in [1.807, 2.05) is 24.3 Å². The van der Waals surface area contributed by atoms with Crippen LogP contribution in [0.2, 0.25) is 0 Å². The molecule has 0 unspecified atom stereocenters. The third-order valence-corrected chi connectivity index (χ3v) is 5.31. The van der Waals surface area contributed by atoms with E-state index in [0.717, 1.165) is 43.4 Å². The van der Waals surface area contributed by atoms with E-state index in [9.17, 15) is 4.79 Å². The molecule has 7 heteroatoms. The smallest absolute Gasteiger partial charge is 0.409 e. The molecule has 2 fully saturated rings. The normalized spacial score (nSPS) is 19.1. The summed E-state index contributed by atoms with van der Waals surface area (Å²) in [5.41, 5.74) is 1.30. The van der Waals surface area contributed by atoms with Gasteiger partial charge in [-0.3, -0.25) is 5.32 Å². The van der Waals surface area contributed by atoms with Crippen molar-refractivity contribution in [2.45, 2.75) is 44.2 Å². The van der Waals surface area contributed by atoms with E-state index < -0.39 is 6.09 Å². The van der Waals surface area contributed by atoms with Crippen LogP contribution in [0, 0.1) is 0 Å². The summed E-state index contributed by atoms with van der Waals surface area (Å²) in [6, 6.07) is 8.57. The molecule has 1 aromatic heterocycles. The summed E-state index contributed by atoms with van der Waals surface area (Å²) in [6.07, 6.45) is 8.59. The maximum absolute atomic E-state index is 10.7. The number of nitrogens with zero attached hydrogens (tertiary/aromatic N) is 3. The molecule has 1 aliphatic heterocycles. The lowest BCUT2D eigenvalue weighted by Gasteiger charge is -2.41. The predicted molar refractivity (Wildman–Crippen MR) is 98.1 cm³/mol. The zero-order valence-electron chi connectivity index (χ0n) is 14.7. The Bertz CT molecular complexity index is 746. The van der Waals surface area contributed by atoms with Crippen molar-refractivity contribution in [3.05, 3.63) is 36.7 Å². The molecule has 1 saturated carbocycles. The van der Waals surface area contributed by atoms with Crippen molar-refractivity contribution in [1.82, 2.24) is 14.7 Å². The molecule has 26 heavy (non-hydrogen) atoms. The number of carboxylic acid groups (broad SMARTS) is 1. The number of hydrogen-bond donors (Lipinski definition) is 2. The van der Waals surface area contributed by atoms with Gasteiger partial charge in [0.25, 0.3) is 0 Å². The van der Waals surface area contributed by atoms with Crippen LogP contribution in [0.15, 0.2) is 36.7 Å². The zero-order valence-corrected chi connectivity index (χ0v) is 14.7. The van der Waals surface area contributed by atoms with Crippen LogP contribution < -0.4 is 10.1 Å². The highest BCUT2D eigenvalue weighted by Crippen LogP contribution is 2.28. The first-order valence-electron chi connectivity index (χ1n) is 9.23. The molecule has 2 aromatic rings. The highest BCUT2D eigenvalue weighted by atomic mass is 16.5. The van der Waals surface area contributed by atoms with Gasteiger partial charge < -0.3 is 14.7 Å². The quantitative estimate of drug-likeness (QED) is 0.859. The Balaban J connectivity index is 1.31. The Morgan fingerprint density at radius 3 is 2.50 bits per heavy atom. The molecule has 138 valence electrons. The van der Waals surface area contributed by atoms with Crippen molar-refractivity contribution in [1.29, 1.82) is 0 Å². The van der Waals surface area contributed by atoms with E-state index in [-0.39, 0.29) is 6.10 Å². The van der Waals surface area contributed by atoms with Crippen LogP contribution >= 0.6 is 0 Å². The fraction of sp³-hybridized carbons (Fsp3) is 0.474. The number of anilines is 1. The van der Waals surface area contributed by atoms with E-state index in [1.165, 1.54) is 25.5 Å². The third-order valence-electron chi connectivity index (χ3n) is 5.31. The van der Waals surface area contributed by atoms with Crippen LogP contribution in [-0.4, -0.2) is 51.1 Å². The molecule has 1 aromatic carbocycles. The number of amides is 1. The summed E-state index contributed by atoms with van der Waals surface area (Å²) >= 11 is 0. The molecule has 0 spiro atoms. The van der Waals surface area contributed by atoms with Gasteiger partial charge in [0.15, 0.2) is 0 Å². The fourth-order valence-corrected chi connectivity index (χ4v) is 3.63. The van der Waals surface area contributed by atoms with Crippen molar-refractivity contribution in [2.75, 3.05) is 18.4 Å². The number of ether oxygens (including phenoxy) is 1. The van der Waals surface area contributed by atoms with Gasteiger partial charge in [-0.15, -0.1) is 0 Å². The molecule has 7 nitrogen and oxygen atoms in total. The summed E-state index contributed by atoms with van der Waals surface area (Å²) in [5.74, 6) is 0.867. The summed E-state index contributed by atoms with van der Waals surface area (Å²) in [7, 11) is 0. The average molecular weight is 356 g/mol. The van der Waals surface area contributed by atoms with Gasteiger partial charge in [0.05, 0.1) is 23.8 Å². The molecular formula is C19H24N4O3. The first kappa shape index (κ1) is 16.9. The van der Waals surface area contributed by atoms with E-state index in [2.05, 4.69) is 15.3 Å². The number of benzene rings is 1. The van der Waals surface area contributed by atoms with E-state index >= 15 is 0 Å². The maximum Gasteiger partial charge on any atom is 0.409 e. The minimum atomic E-state index is -1.10. The zero-order chi connectivity index (χ0) is 17.9. The Kier molecular flexibility index (Phi) is 4.79. The number of piperidine rings is 1. The Labute approximate surface area is 152 Å². The SMILES string of the molecule is O=C(O)Nc1cnn(-c2ccc(OC3CCN(C4CCC4)CC3)cc2)c1. The second-order valence-electron chi connectivity index (χ2n) is 7.04. The molecule has 2 aliphatic rings. The summed E-state index contributed by atoms with van der Waals surface area (Å²) in [5, 5.41) is 15.2. The Morgan fingerprint density at radius 2 is 1.88 bits per heavy atom. The summed E-state index contributed by atoms with van der Waals surface area (Å²) < 4.78 is 7.77. The van der Waals surface area contributed by atoms with Crippen LogP contribution in [0.5, 0.6) is 5.75 Å². The molecule has 1 saturated heterocycles. The Morgan fingerprint density at radius 1 is 1.15 bits per heavy atom. The van der Waals surface area contributed by atoms with Gasteiger partial charge in [-0.1, -0.05) is 6.42 Å². The number of nitrogens with one attached hydrogen (secondary N) is 1. The fourth-order valence-electron chi connectivity index (χ4n) is 3.63. The molecule has 0 atom stereocenters. The van der Waals surface area contributed by atoms with Crippen LogP contribution in [0.4, 0.5) is 10.5 Å². The number of rotatable bonds is 5. The summed E-state index contributed by atoms with van der Waals surface area (Å²) in [4.78, 5) is 13.3. The average Bonchev–Trinajstić information content (AvgIpc) is 3.03. The third kappa shape index (κ3) is 3.83. The molecular weight excluding hydrogens is 332 g/mol. The van der Waals surface area contributed by atoms with Crippen molar-refractivity contribution < 1.29 is 14.6 Å². The second kappa shape index (κ2) is 7.37. The predicted octanol–water partition coefficient (Wildman–Crippen LogP) is 3.36. The number of carbonyl (C=O) groups is 1. The topological polar surface area (TPSA) is 79.6 Å². The molecule has 1 amide bonds. The first-order valence-corrected chi connectivity index (χ1v) is 9.23. The first-order chi connectivity index (χ1) is 12.7. The van der Waals surface area contributed by atoms with Gasteiger partial charge in [-0.2, -0.15) is 5.10 Å². The number of hydrogen-bond acceptors (Lipinski definition) is 4. The molecule has 4 rings (SSSR count). The van der Waals surface area contributed by atoms with Crippen LogP contribution in [0.1, 0.15) is 32.1 Å². The molecule has 2 heterocycles. The van der Waals surface area contributed by atoms with E-state index in [4.69, 9.17) is 9.84 Å². The van der Waals surface area contributed by atoms with Crippen LogP contribution in [0.3, 0.4) is 0 Å². The number of likely N-dealkylation sites (tertiary alicyclic amines) is 1. The number of aromatic nitrogens is 2. The van der Waals surface area contributed by atoms with Crippen molar-refractivity contribution >= 4 is 11.8 Å². The molecule has 2 N–H and O–H groups in total. The van der Waals surface area contributed by atoms with Gasteiger partial charge >= 0.3 is 6.09 Å². The van der Waals surface area contributed by atoms with Crippen molar-refractivity contribution in [2.24, 2.45) is 0 Å². The lowest BCUT2D eigenvalue weighted by Crippen LogP contribution is -2.46. The minimum absolute atomic E-state index is 0.285. The lowest BCUT2D eigenvalue weighted by molar-refractivity contribution is 0.0493. The lowest BCUT2D eigenvalue weighted by atomic mass is 9.90. The van der Waals surface area contributed by atoms with Crippen LogP contribution in [0.25, 0.3) is 5.69 Å². The Hall–Kier alpha value is -2.54. The standard InChI is InChI=1S/C19H24N4O3/c24-19(25)21-14-12-20-23(13-14)16-4-6-17(7-5-16)26-18-8-10-22(11-9-18)15-2-1-3-15/h4-7,12-13,15,18,21H,1-3,8-11H2,(H,24,25). The van der Waals surface area contributed by atoms with Gasteiger partial charge in [0, 0.05) is 19.1 Å². The van der Waals surface area contributed by atoms with Gasteiger partial charge in [0.1, 0.15) is 11.9 Å². The largest absolute Gasteiger partial charge is 0.490 e. The molecule has 0 radical (unpaired) electrons. The van der Waals surface area contributed by atoms with E-state index in [1.54, 1.807) is 10.9 Å². The minimum Gasteiger partial charge on any atom is -0.490 e.